The van der Waals surface area contributed by atoms with Crippen LogP contribution in [0.5, 0.6) is 0 Å². The third-order valence-corrected chi connectivity index (χ3v) is 3.73. The van der Waals surface area contributed by atoms with E-state index >= 15 is 0 Å². The number of benzene rings is 2. The number of halogens is 4. The van der Waals surface area contributed by atoms with Crippen LogP contribution in [-0.4, -0.2) is 5.91 Å². The number of nitrogens with one attached hydrogen (secondary N) is 1. The van der Waals surface area contributed by atoms with Crippen molar-refractivity contribution in [1.82, 2.24) is 5.32 Å². The number of carbonyl (C=O) groups is 1. The van der Waals surface area contributed by atoms with E-state index in [1.54, 1.807) is 22.6 Å². The molecule has 0 atom stereocenters. The highest BCUT2D eigenvalue weighted by atomic mass is 127. The molecule has 0 saturated carbocycles. The second kappa shape index (κ2) is 6.46. The fourth-order valence-corrected chi connectivity index (χ4v) is 2.51. The molecular formula is C15H11F3INO. The van der Waals surface area contributed by atoms with Gasteiger partial charge in [-0.15, -0.1) is 0 Å². The summed E-state index contributed by atoms with van der Waals surface area (Å²) in [6, 6.07) is 12.4. The lowest BCUT2D eigenvalue weighted by molar-refractivity contribution is -0.137. The third-order valence-electron chi connectivity index (χ3n) is 2.84. The summed E-state index contributed by atoms with van der Waals surface area (Å²) >= 11 is 1.73. The van der Waals surface area contributed by atoms with Gasteiger partial charge in [-0.25, -0.2) is 0 Å². The van der Waals surface area contributed by atoms with E-state index in [2.05, 4.69) is 5.32 Å². The highest BCUT2D eigenvalue weighted by Gasteiger charge is 2.31. The summed E-state index contributed by atoms with van der Waals surface area (Å²) in [4.78, 5) is 12.0. The fourth-order valence-electron chi connectivity index (χ4n) is 1.75. The van der Waals surface area contributed by atoms with Crippen molar-refractivity contribution in [3.05, 3.63) is 68.8 Å². The van der Waals surface area contributed by atoms with Crippen LogP contribution in [0.2, 0.25) is 0 Å². The van der Waals surface area contributed by atoms with E-state index in [0.29, 0.717) is 6.54 Å². The monoisotopic (exact) mass is 405 g/mol. The van der Waals surface area contributed by atoms with E-state index in [1.807, 2.05) is 30.3 Å². The molecule has 0 spiro atoms. The number of alkyl halides is 3. The van der Waals surface area contributed by atoms with Gasteiger partial charge in [-0.2, -0.15) is 13.2 Å². The molecular weight excluding hydrogens is 394 g/mol. The Kier molecular flexibility index (Phi) is 4.87. The van der Waals surface area contributed by atoms with Crippen LogP contribution >= 0.6 is 22.6 Å². The zero-order valence-electron chi connectivity index (χ0n) is 10.7. The van der Waals surface area contributed by atoms with Gasteiger partial charge >= 0.3 is 6.18 Å². The molecule has 0 aliphatic carbocycles. The van der Waals surface area contributed by atoms with Crippen molar-refractivity contribution < 1.29 is 18.0 Å². The van der Waals surface area contributed by atoms with Gasteiger partial charge in [0.05, 0.1) is 11.1 Å². The SMILES string of the molecule is O=C(NCc1ccccc1)c1ccc(C(F)(F)F)cc1I. The molecule has 1 amide bonds. The molecule has 1 N–H and O–H groups in total. The molecule has 2 nitrogen and oxygen atoms in total. The summed E-state index contributed by atoms with van der Waals surface area (Å²) in [5.41, 5.74) is 0.402. The first kappa shape index (κ1) is 15.8. The predicted molar refractivity (Wildman–Crippen MR) is 81.8 cm³/mol. The van der Waals surface area contributed by atoms with Gasteiger partial charge in [0.2, 0.25) is 0 Å². The van der Waals surface area contributed by atoms with Crippen LogP contribution in [0, 0.1) is 3.57 Å². The van der Waals surface area contributed by atoms with Gasteiger partial charge in [0.25, 0.3) is 5.91 Å². The second-order valence-corrected chi connectivity index (χ2v) is 5.52. The van der Waals surface area contributed by atoms with Crippen LogP contribution < -0.4 is 5.32 Å². The second-order valence-electron chi connectivity index (χ2n) is 4.36. The lowest BCUT2D eigenvalue weighted by Crippen LogP contribution is -2.24. The summed E-state index contributed by atoms with van der Waals surface area (Å²) in [6.07, 6.45) is -4.40. The fraction of sp³-hybridized carbons (Fsp3) is 0.133. The van der Waals surface area contributed by atoms with Gasteiger partial charge in [-0.1, -0.05) is 30.3 Å². The van der Waals surface area contributed by atoms with Crippen LogP contribution in [0.15, 0.2) is 48.5 Å². The van der Waals surface area contributed by atoms with Gasteiger partial charge in [-0.05, 0) is 46.4 Å². The van der Waals surface area contributed by atoms with Crippen molar-refractivity contribution in [3.8, 4) is 0 Å². The van der Waals surface area contributed by atoms with E-state index < -0.39 is 17.6 Å². The normalized spacial score (nSPS) is 11.2. The molecule has 2 aromatic rings. The Morgan fingerprint density at radius 3 is 2.33 bits per heavy atom. The summed E-state index contributed by atoms with van der Waals surface area (Å²) in [7, 11) is 0. The quantitative estimate of drug-likeness (QED) is 0.761. The first-order chi connectivity index (χ1) is 9.88. The van der Waals surface area contributed by atoms with Crippen molar-refractivity contribution in [2.45, 2.75) is 12.7 Å². The molecule has 2 aromatic carbocycles. The lowest BCUT2D eigenvalue weighted by atomic mass is 10.1. The van der Waals surface area contributed by atoms with E-state index in [-0.39, 0.29) is 9.13 Å². The maximum atomic E-state index is 12.6. The molecule has 6 heteroatoms. The maximum absolute atomic E-state index is 12.6. The molecule has 0 aliphatic rings. The zero-order valence-corrected chi connectivity index (χ0v) is 12.9. The number of carbonyl (C=O) groups excluding carboxylic acids is 1. The summed E-state index contributed by atoms with van der Waals surface area (Å²) in [5.74, 6) is -0.392. The standard InChI is InChI=1S/C15H11F3INO/c16-15(17,18)11-6-7-12(13(19)8-11)14(21)20-9-10-4-2-1-3-5-10/h1-8H,9H2,(H,20,21). The van der Waals surface area contributed by atoms with Gasteiger partial charge in [0.1, 0.15) is 0 Å². The predicted octanol–water partition coefficient (Wildman–Crippen LogP) is 4.24. The van der Waals surface area contributed by atoms with Crippen molar-refractivity contribution in [1.29, 1.82) is 0 Å². The Bertz CT molecular complexity index is 641. The average molecular weight is 405 g/mol. The smallest absolute Gasteiger partial charge is 0.348 e. The van der Waals surface area contributed by atoms with Gasteiger partial charge in [0.15, 0.2) is 0 Å². The minimum Gasteiger partial charge on any atom is -0.348 e. The Morgan fingerprint density at radius 2 is 1.76 bits per heavy atom. The minimum atomic E-state index is -4.40. The number of hydrogen-bond donors (Lipinski definition) is 1. The minimum absolute atomic E-state index is 0.236. The van der Waals surface area contributed by atoms with Crippen molar-refractivity contribution in [2.75, 3.05) is 0 Å². The Hall–Kier alpha value is -1.57. The van der Waals surface area contributed by atoms with Crippen LogP contribution in [-0.2, 0) is 12.7 Å². The summed E-state index contributed by atoms with van der Waals surface area (Å²) < 4.78 is 38.0. The molecule has 2 rings (SSSR count). The molecule has 0 aliphatic heterocycles. The van der Waals surface area contributed by atoms with Crippen LogP contribution in [0.25, 0.3) is 0 Å². The molecule has 0 aromatic heterocycles. The summed E-state index contributed by atoms with van der Waals surface area (Å²) in [5, 5.41) is 2.69. The molecule has 0 bridgehead atoms. The van der Waals surface area contributed by atoms with Gasteiger partial charge < -0.3 is 5.32 Å². The maximum Gasteiger partial charge on any atom is 0.416 e. The van der Waals surface area contributed by atoms with Crippen molar-refractivity contribution in [2.24, 2.45) is 0 Å². The molecule has 0 heterocycles. The molecule has 110 valence electrons. The number of hydrogen-bond acceptors (Lipinski definition) is 1. The number of rotatable bonds is 3. The molecule has 0 fully saturated rings. The zero-order chi connectivity index (χ0) is 15.5. The van der Waals surface area contributed by atoms with E-state index in [4.69, 9.17) is 0 Å². The first-order valence-electron chi connectivity index (χ1n) is 6.07. The van der Waals surface area contributed by atoms with Gasteiger partial charge in [0, 0.05) is 10.1 Å². The van der Waals surface area contributed by atoms with Crippen molar-refractivity contribution in [3.63, 3.8) is 0 Å². The highest BCUT2D eigenvalue weighted by molar-refractivity contribution is 14.1. The highest BCUT2D eigenvalue weighted by Crippen LogP contribution is 2.31. The average Bonchev–Trinajstić information content (AvgIpc) is 2.45. The molecule has 21 heavy (non-hydrogen) atoms. The van der Waals surface area contributed by atoms with Crippen LogP contribution in [0.4, 0.5) is 13.2 Å². The largest absolute Gasteiger partial charge is 0.416 e. The third kappa shape index (κ3) is 4.20. The van der Waals surface area contributed by atoms with Gasteiger partial charge in [-0.3, -0.25) is 4.79 Å². The molecule has 0 radical (unpaired) electrons. The van der Waals surface area contributed by atoms with Crippen LogP contribution in [0.1, 0.15) is 21.5 Å². The lowest BCUT2D eigenvalue weighted by Gasteiger charge is -2.10. The first-order valence-corrected chi connectivity index (χ1v) is 7.14. The van der Waals surface area contributed by atoms with Crippen molar-refractivity contribution >= 4 is 28.5 Å². The Labute approximate surface area is 133 Å². The molecule has 0 unspecified atom stereocenters. The topological polar surface area (TPSA) is 29.1 Å². The number of amides is 1. The Morgan fingerprint density at radius 1 is 1.10 bits per heavy atom. The summed E-state index contributed by atoms with van der Waals surface area (Å²) in [6.45, 7) is 0.330. The Balaban J connectivity index is 2.09. The van der Waals surface area contributed by atoms with E-state index in [9.17, 15) is 18.0 Å². The molecule has 0 saturated heterocycles. The van der Waals surface area contributed by atoms with E-state index in [0.717, 1.165) is 17.7 Å². The van der Waals surface area contributed by atoms with E-state index in [1.165, 1.54) is 6.07 Å². The van der Waals surface area contributed by atoms with Crippen LogP contribution in [0.3, 0.4) is 0 Å².